The van der Waals surface area contributed by atoms with E-state index in [1.165, 1.54) is 0 Å². The van der Waals surface area contributed by atoms with E-state index < -0.39 is 23.6 Å². The molecule has 1 saturated heterocycles. The third-order valence-corrected chi connectivity index (χ3v) is 4.42. The minimum absolute atomic E-state index is 0.000210. The SMILES string of the molecule is O=C(Nc1ccc(C(F)(F)F)cc1)C(=O)Nc1cccc(N2CCCCC2=O)c1. The Bertz CT molecular complexity index is 927. The first-order chi connectivity index (χ1) is 13.7. The number of piperidine rings is 1. The molecular formula is C20H18F3N3O3. The highest BCUT2D eigenvalue weighted by Gasteiger charge is 2.30. The van der Waals surface area contributed by atoms with Gasteiger partial charge in [-0.25, -0.2) is 0 Å². The standard InChI is InChI=1S/C20H18F3N3O3/c21-20(22,23)13-7-9-14(10-8-13)24-18(28)19(29)25-15-4-3-5-16(12-15)26-11-2-1-6-17(26)27/h3-5,7-10,12H,1-2,6,11H2,(H,24,28)(H,25,29). The Labute approximate surface area is 164 Å². The lowest BCUT2D eigenvalue weighted by molar-refractivity contribution is -0.137. The first-order valence-electron chi connectivity index (χ1n) is 8.94. The number of amides is 3. The Morgan fingerprint density at radius 2 is 1.55 bits per heavy atom. The van der Waals surface area contributed by atoms with Crippen LogP contribution < -0.4 is 15.5 Å². The van der Waals surface area contributed by atoms with E-state index in [0.29, 0.717) is 24.3 Å². The molecule has 0 spiro atoms. The van der Waals surface area contributed by atoms with E-state index in [9.17, 15) is 27.6 Å². The summed E-state index contributed by atoms with van der Waals surface area (Å²) in [6.07, 6.45) is -2.29. The Morgan fingerprint density at radius 1 is 0.897 bits per heavy atom. The van der Waals surface area contributed by atoms with E-state index in [1.54, 1.807) is 29.2 Å². The van der Waals surface area contributed by atoms with Crippen molar-refractivity contribution in [1.82, 2.24) is 0 Å². The Kier molecular flexibility index (Phi) is 5.86. The monoisotopic (exact) mass is 405 g/mol. The van der Waals surface area contributed by atoms with Crippen LogP contribution in [0.4, 0.5) is 30.2 Å². The number of carbonyl (C=O) groups is 3. The predicted octanol–water partition coefficient (Wildman–Crippen LogP) is 3.80. The zero-order valence-corrected chi connectivity index (χ0v) is 15.3. The number of hydrogen-bond donors (Lipinski definition) is 2. The summed E-state index contributed by atoms with van der Waals surface area (Å²) in [4.78, 5) is 37.8. The molecule has 0 atom stereocenters. The van der Waals surface area contributed by atoms with Gasteiger partial charge in [0.25, 0.3) is 0 Å². The molecule has 2 N–H and O–H groups in total. The van der Waals surface area contributed by atoms with Crippen molar-refractivity contribution in [2.75, 3.05) is 22.1 Å². The fourth-order valence-electron chi connectivity index (χ4n) is 2.95. The van der Waals surface area contributed by atoms with Crippen molar-refractivity contribution in [2.45, 2.75) is 25.4 Å². The van der Waals surface area contributed by atoms with Gasteiger partial charge in [-0.05, 0) is 55.3 Å². The molecule has 0 saturated carbocycles. The Hall–Kier alpha value is -3.36. The minimum atomic E-state index is -4.49. The molecular weight excluding hydrogens is 387 g/mol. The van der Waals surface area contributed by atoms with Gasteiger partial charge in [0.05, 0.1) is 5.56 Å². The smallest absolute Gasteiger partial charge is 0.318 e. The van der Waals surface area contributed by atoms with E-state index in [1.807, 2.05) is 0 Å². The first kappa shape index (κ1) is 20.4. The van der Waals surface area contributed by atoms with Gasteiger partial charge in [0.1, 0.15) is 0 Å². The summed E-state index contributed by atoms with van der Waals surface area (Å²) in [5, 5.41) is 4.67. The van der Waals surface area contributed by atoms with Crippen LogP contribution in [0.15, 0.2) is 48.5 Å². The molecule has 3 rings (SSSR count). The third-order valence-electron chi connectivity index (χ3n) is 4.42. The van der Waals surface area contributed by atoms with Crippen LogP contribution in [-0.4, -0.2) is 24.3 Å². The van der Waals surface area contributed by atoms with Crippen LogP contribution in [0.2, 0.25) is 0 Å². The van der Waals surface area contributed by atoms with Gasteiger partial charge in [0.15, 0.2) is 0 Å². The highest BCUT2D eigenvalue weighted by atomic mass is 19.4. The summed E-state index contributed by atoms with van der Waals surface area (Å²) in [6, 6.07) is 10.3. The molecule has 9 heteroatoms. The lowest BCUT2D eigenvalue weighted by Gasteiger charge is -2.27. The van der Waals surface area contributed by atoms with Crippen molar-refractivity contribution in [3.63, 3.8) is 0 Å². The summed E-state index contributed by atoms with van der Waals surface area (Å²) in [7, 11) is 0. The lowest BCUT2D eigenvalue weighted by atomic mass is 10.1. The molecule has 3 amide bonds. The van der Waals surface area contributed by atoms with Crippen molar-refractivity contribution in [3.8, 4) is 0 Å². The maximum absolute atomic E-state index is 12.6. The van der Waals surface area contributed by atoms with Crippen molar-refractivity contribution in [3.05, 3.63) is 54.1 Å². The molecule has 6 nitrogen and oxygen atoms in total. The summed E-state index contributed by atoms with van der Waals surface area (Å²) in [5.74, 6) is -2.00. The highest BCUT2D eigenvalue weighted by Crippen LogP contribution is 2.30. The quantitative estimate of drug-likeness (QED) is 0.763. The van der Waals surface area contributed by atoms with Gasteiger partial charge in [-0.15, -0.1) is 0 Å². The maximum Gasteiger partial charge on any atom is 0.416 e. The van der Waals surface area contributed by atoms with Gasteiger partial charge in [-0.3, -0.25) is 14.4 Å². The van der Waals surface area contributed by atoms with Crippen molar-refractivity contribution < 1.29 is 27.6 Å². The molecule has 29 heavy (non-hydrogen) atoms. The summed E-state index contributed by atoms with van der Waals surface area (Å²) in [5.41, 5.74) is 0.152. The van der Waals surface area contributed by atoms with Crippen LogP contribution in [0.1, 0.15) is 24.8 Å². The van der Waals surface area contributed by atoms with E-state index in [2.05, 4.69) is 10.6 Å². The second-order valence-electron chi connectivity index (χ2n) is 6.54. The number of anilines is 3. The molecule has 1 fully saturated rings. The number of nitrogens with zero attached hydrogens (tertiary/aromatic N) is 1. The average molecular weight is 405 g/mol. The van der Waals surface area contributed by atoms with Crippen LogP contribution in [0.25, 0.3) is 0 Å². The maximum atomic E-state index is 12.6. The fourth-order valence-corrected chi connectivity index (χ4v) is 2.95. The second kappa shape index (κ2) is 8.34. The molecule has 0 unspecified atom stereocenters. The minimum Gasteiger partial charge on any atom is -0.318 e. The summed E-state index contributed by atoms with van der Waals surface area (Å²) < 4.78 is 37.7. The predicted molar refractivity (Wildman–Crippen MR) is 101 cm³/mol. The van der Waals surface area contributed by atoms with Crippen LogP contribution >= 0.6 is 0 Å². The molecule has 1 heterocycles. The number of halogens is 3. The van der Waals surface area contributed by atoms with Crippen molar-refractivity contribution in [2.24, 2.45) is 0 Å². The van der Waals surface area contributed by atoms with Gasteiger partial charge in [-0.2, -0.15) is 13.2 Å². The van der Waals surface area contributed by atoms with Gasteiger partial charge in [-0.1, -0.05) is 6.07 Å². The number of rotatable bonds is 3. The summed E-state index contributed by atoms with van der Waals surface area (Å²) >= 11 is 0. The number of nitrogens with one attached hydrogen (secondary N) is 2. The molecule has 2 aromatic carbocycles. The Balaban J connectivity index is 1.63. The first-order valence-corrected chi connectivity index (χ1v) is 8.94. The molecule has 1 aliphatic heterocycles. The zero-order valence-electron chi connectivity index (χ0n) is 15.3. The molecule has 152 valence electrons. The van der Waals surface area contributed by atoms with Crippen LogP contribution in [0, 0.1) is 0 Å². The topological polar surface area (TPSA) is 78.5 Å². The van der Waals surface area contributed by atoms with Crippen LogP contribution in [0.5, 0.6) is 0 Å². The number of alkyl halides is 3. The number of carbonyl (C=O) groups excluding carboxylic acids is 3. The number of benzene rings is 2. The van der Waals surface area contributed by atoms with E-state index >= 15 is 0 Å². The van der Waals surface area contributed by atoms with Gasteiger partial charge in [0, 0.05) is 30.0 Å². The van der Waals surface area contributed by atoms with Crippen molar-refractivity contribution >= 4 is 34.8 Å². The van der Waals surface area contributed by atoms with E-state index in [-0.39, 0.29) is 11.6 Å². The largest absolute Gasteiger partial charge is 0.416 e. The van der Waals surface area contributed by atoms with Crippen molar-refractivity contribution in [1.29, 1.82) is 0 Å². The van der Waals surface area contributed by atoms with E-state index in [0.717, 1.165) is 37.1 Å². The highest BCUT2D eigenvalue weighted by molar-refractivity contribution is 6.43. The third kappa shape index (κ3) is 5.13. The lowest BCUT2D eigenvalue weighted by Crippen LogP contribution is -2.35. The number of hydrogen-bond acceptors (Lipinski definition) is 3. The summed E-state index contributed by atoms with van der Waals surface area (Å²) in [6.45, 7) is 0.588. The molecule has 2 aromatic rings. The Morgan fingerprint density at radius 3 is 2.17 bits per heavy atom. The molecule has 0 aliphatic carbocycles. The van der Waals surface area contributed by atoms with Gasteiger partial charge < -0.3 is 15.5 Å². The fraction of sp³-hybridized carbons (Fsp3) is 0.250. The van der Waals surface area contributed by atoms with E-state index in [4.69, 9.17) is 0 Å². The molecule has 0 aromatic heterocycles. The second-order valence-corrected chi connectivity index (χ2v) is 6.54. The molecule has 0 radical (unpaired) electrons. The normalized spacial score (nSPS) is 14.4. The zero-order chi connectivity index (χ0) is 21.0. The molecule has 1 aliphatic rings. The van der Waals surface area contributed by atoms with Crippen LogP contribution in [0.3, 0.4) is 0 Å². The molecule has 0 bridgehead atoms. The average Bonchev–Trinajstić information content (AvgIpc) is 2.68. The van der Waals surface area contributed by atoms with Crippen LogP contribution in [-0.2, 0) is 20.6 Å². The van der Waals surface area contributed by atoms with Gasteiger partial charge in [0.2, 0.25) is 5.91 Å². The van der Waals surface area contributed by atoms with Gasteiger partial charge >= 0.3 is 18.0 Å².